The quantitative estimate of drug-likeness (QED) is 0.832. The summed E-state index contributed by atoms with van der Waals surface area (Å²) in [5.74, 6) is 1.82. The Hall–Kier alpha value is -1.06. The van der Waals surface area contributed by atoms with Gasteiger partial charge < -0.3 is 15.0 Å². The third-order valence-corrected chi connectivity index (χ3v) is 4.34. The third kappa shape index (κ3) is 4.72. The smallest absolute Gasteiger partial charge is 0.123 e. The minimum Gasteiger partial charge on any atom is -0.496 e. The lowest BCUT2D eigenvalue weighted by atomic mass is 9.98. The lowest BCUT2D eigenvalue weighted by Crippen LogP contribution is -2.40. The third-order valence-electron chi connectivity index (χ3n) is 4.34. The Labute approximate surface area is 129 Å². The van der Waals surface area contributed by atoms with Crippen molar-refractivity contribution in [2.45, 2.75) is 39.2 Å². The number of ether oxygens (including phenoxy) is 1. The van der Waals surface area contributed by atoms with Crippen LogP contribution < -0.4 is 10.1 Å². The van der Waals surface area contributed by atoms with E-state index in [2.05, 4.69) is 42.3 Å². The molecule has 0 aromatic heterocycles. The van der Waals surface area contributed by atoms with E-state index in [0.29, 0.717) is 6.04 Å². The Morgan fingerprint density at radius 3 is 2.90 bits per heavy atom. The molecule has 0 saturated carbocycles. The minimum atomic E-state index is 0.353. The topological polar surface area (TPSA) is 24.5 Å². The maximum absolute atomic E-state index is 5.56. The molecule has 2 atom stereocenters. The highest BCUT2D eigenvalue weighted by Crippen LogP contribution is 2.27. The van der Waals surface area contributed by atoms with Gasteiger partial charge in [0.05, 0.1) is 7.11 Å². The molecule has 3 heteroatoms. The molecule has 21 heavy (non-hydrogen) atoms. The predicted molar refractivity (Wildman–Crippen MR) is 88.9 cm³/mol. The zero-order valence-corrected chi connectivity index (χ0v) is 13.8. The SMILES string of the molecule is CCCNC(CN1CCCC(C)C1)c1ccccc1OC. The van der Waals surface area contributed by atoms with Crippen molar-refractivity contribution >= 4 is 0 Å². The van der Waals surface area contributed by atoms with E-state index < -0.39 is 0 Å². The van der Waals surface area contributed by atoms with Crippen molar-refractivity contribution in [3.05, 3.63) is 29.8 Å². The number of methoxy groups -OCH3 is 1. The van der Waals surface area contributed by atoms with E-state index >= 15 is 0 Å². The fourth-order valence-electron chi connectivity index (χ4n) is 3.26. The maximum Gasteiger partial charge on any atom is 0.123 e. The van der Waals surface area contributed by atoms with Crippen molar-refractivity contribution in [2.24, 2.45) is 5.92 Å². The molecule has 1 aliphatic heterocycles. The number of hydrogen-bond donors (Lipinski definition) is 1. The van der Waals surface area contributed by atoms with E-state index in [9.17, 15) is 0 Å². The van der Waals surface area contributed by atoms with E-state index in [1.807, 2.05) is 6.07 Å². The van der Waals surface area contributed by atoms with E-state index in [1.165, 1.54) is 31.5 Å². The van der Waals surface area contributed by atoms with Crippen LogP contribution in [0.5, 0.6) is 5.75 Å². The Balaban J connectivity index is 2.09. The molecular formula is C18H30N2O. The number of para-hydroxylation sites is 1. The number of rotatable bonds is 7. The van der Waals surface area contributed by atoms with Crippen molar-refractivity contribution in [3.63, 3.8) is 0 Å². The highest BCUT2D eigenvalue weighted by Gasteiger charge is 2.22. The number of nitrogens with zero attached hydrogens (tertiary/aromatic N) is 1. The predicted octanol–water partition coefficient (Wildman–Crippen LogP) is 3.47. The van der Waals surface area contributed by atoms with Gasteiger partial charge in [0.1, 0.15) is 5.75 Å². The van der Waals surface area contributed by atoms with Crippen LogP contribution in [0.4, 0.5) is 0 Å². The van der Waals surface area contributed by atoms with Crippen LogP contribution in [0.3, 0.4) is 0 Å². The van der Waals surface area contributed by atoms with Crippen LogP contribution in [0.15, 0.2) is 24.3 Å². The summed E-state index contributed by atoms with van der Waals surface area (Å²) >= 11 is 0. The Morgan fingerprint density at radius 2 is 2.19 bits per heavy atom. The molecule has 0 aliphatic carbocycles. The summed E-state index contributed by atoms with van der Waals surface area (Å²) in [6.45, 7) is 9.15. The second kappa shape index (κ2) is 8.40. The lowest BCUT2D eigenvalue weighted by molar-refractivity contribution is 0.166. The first kappa shape index (κ1) is 16.3. The van der Waals surface area contributed by atoms with Crippen molar-refractivity contribution < 1.29 is 4.74 Å². The number of hydrogen-bond acceptors (Lipinski definition) is 3. The van der Waals surface area contributed by atoms with Gasteiger partial charge in [-0.2, -0.15) is 0 Å². The molecule has 0 amide bonds. The summed E-state index contributed by atoms with van der Waals surface area (Å²) < 4.78 is 5.56. The van der Waals surface area contributed by atoms with Crippen LogP contribution in [-0.4, -0.2) is 38.2 Å². The molecule has 2 rings (SSSR count). The average molecular weight is 290 g/mol. The van der Waals surface area contributed by atoms with Gasteiger partial charge in [-0.05, 0) is 44.3 Å². The van der Waals surface area contributed by atoms with Gasteiger partial charge in [-0.1, -0.05) is 32.0 Å². The standard InChI is InChI=1S/C18H30N2O/c1-4-11-19-17(14-20-12-7-8-15(2)13-20)16-9-5-6-10-18(16)21-3/h5-6,9-10,15,17,19H,4,7-8,11-14H2,1-3H3. The largest absolute Gasteiger partial charge is 0.496 e. The van der Waals surface area contributed by atoms with E-state index in [1.54, 1.807) is 7.11 Å². The van der Waals surface area contributed by atoms with Gasteiger partial charge in [-0.15, -0.1) is 0 Å². The molecule has 3 nitrogen and oxygen atoms in total. The fraction of sp³-hybridized carbons (Fsp3) is 0.667. The zero-order valence-electron chi connectivity index (χ0n) is 13.8. The van der Waals surface area contributed by atoms with Gasteiger partial charge in [-0.25, -0.2) is 0 Å². The first-order valence-corrected chi connectivity index (χ1v) is 8.33. The summed E-state index contributed by atoms with van der Waals surface area (Å²) in [6.07, 6.45) is 3.86. The minimum absolute atomic E-state index is 0.353. The summed E-state index contributed by atoms with van der Waals surface area (Å²) in [7, 11) is 1.76. The normalized spacial score (nSPS) is 21.2. The second-order valence-corrected chi connectivity index (χ2v) is 6.26. The first-order valence-electron chi connectivity index (χ1n) is 8.33. The van der Waals surface area contributed by atoms with Crippen LogP contribution in [0.1, 0.15) is 44.7 Å². The summed E-state index contributed by atoms with van der Waals surface area (Å²) in [5, 5.41) is 3.70. The average Bonchev–Trinajstić information content (AvgIpc) is 2.51. The van der Waals surface area contributed by atoms with Crippen LogP contribution in [-0.2, 0) is 0 Å². The van der Waals surface area contributed by atoms with Gasteiger partial charge in [0.15, 0.2) is 0 Å². The van der Waals surface area contributed by atoms with Crippen molar-refractivity contribution in [3.8, 4) is 5.75 Å². The van der Waals surface area contributed by atoms with Gasteiger partial charge >= 0.3 is 0 Å². The van der Waals surface area contributed by atoms with Gasteiger partial charge in [0, 0.05) is 24.7 Å². The molecule has 2 unspecified atom stereocenters. The van der Waals surface area contributed by atoms with Gasteiger partial charge in [0.25, 0.3) is 0 Å². The van der Waals surface area contributed by atoms with Gasteiger partial charge in [0.2, 0.25) is 0 Å². The Bertz CT molecular complexity index is 421. The van der Waals surface area contributed by atoms with Crippen LogP contribution >= 0.6 is 0 Å². The van der Waals surface area contributed by atoms with Crippen molar-refractivity contribution in [1.29, 1.82) is 0 Å². The number of nitrogens with one attached hydrogen (secondary N) is 1. The molecule has 1 fully saturated rings. The zero-order chi connectivity index (χ0) is 15.1. The molecule has 0 radical (unpaired) electrons. The number of benzene rings is 1. The number of piperidine rings is 1. The molecule has 1 aromatic carbocycles. The lowest BCUT2D eigenvalue weighted by Gasteiger charge is -2.34. The summed E-state index contributed by atoms with van der Waals surface area (Å²) in [4.78, 5) is 2.61. The number of likely N-dealkylation sites (tertiary alicyclic amines) is 1. The molecule has 0 spiro atoms. The van der Waals surface area contributed by atoms with E-state index in [-0.39, 0.29) is 0 Å². The Morgan fingerprint density at radius 1 is 1.38 bits per heavy atom. The van der Waals surface area contributed by atoms with Crippen LogP contribution in [0.2, 0.25) is 0 Å². The fourth-order valence-corrected chi connectivity index (χ4v) is 3.26. The molecule has 1 aliphatic rings. The van der Waals surface area contributed by atoms with Gasteiger partial charge in [-0.3, -0.25) is 0 Å². The summed E-state index contributed by atoms with van der Waals surface area (Å²) in [6, 6.07) is 8.76. The molecule has 0 bridgehead atoms. The van der Waals surface area contributed by atoms with Crippen LogP contribution in [0, 0.1) is 5.92 Å². The van der Waals surface area contributed by atoms with E-state index in [4.69, 9.17) is 4.74 Å². The van der Waals surface area contributed by atoms with Crippen LogP contribution in [0.25, 0.3) is 0 Å². The molecular weight excluding hydrogens is 260 g/mol. The molecule has 1 saturated heterocycles. The van der Waals surface area contributed by atoms with E-state index in [0.717, 1.165) is 31.2 Å². The second-order valence-electron chi connectivity index (χ2n) is 6.26. The highest BCUT2D eigenvalue weighted by atomic mass is 16.5. The molecule has 118 valence electrons. The highest BCUT2D eigenvalue weighted by molar-refractivity contribution is 5.36. The molecule has 1 aromatic rings. The monoisotopic (exact) mass is 290 g/mol. The first-order chi connectivity index (χ1) is 10.2. The maximum atomic E-state index is 5.56. The van der Waals surface area contributed by atoms with Crippen molar-refractivity contribution in [2.75, 3.05) is 33.3 Å². The molecule has 1 heterocycles. The Kier molecular flexibility index (Phi) is 6.52. The summed E-state index contributed by atoms with van der Waals surface area (Å²) in [5.41, 5.74) is 1.28. The molecule has 1 N–H and O–H groups in total. The van der Waals surface area contributed by atoms with Crippen molar-refractivity contribution in [1.82, 2.24) is 10.2 Å².